The van der Waals surface area contributed by atoms with Crippen LogP contribution >= 0.6 is 11.6 Å². The maximum atomic E-state index is 11.8. The molecule has 0 aliphatic carbocycles. The van der Waals surface area contributed by atoms with Gasteiger partial charge in [-0.15, -0.1) is 5.10 Å². The van der Waals surface area contributed by atoms with Gasteiger partial charge in [-0.1, -0.05) is 41.1 Å². The van der Waals surface area contributed by atoms with Crippen LogP contribution in [-0.2, 0) is 9.84 Å². The summed E-state index contributed by atoms with van der Waals surface area (Å²) in [5.41, 5.74) is 5.07. The normalized spacial score (nSPS) is 11.8. The van der Waals surface area contributed by atoms with Gasteiger partial charge in [0, 0.05) is 28.6 Å². The first kappa shape index (κ1) is 22.2. The largest absolute Gasteiger partial charge is 0.340 e. The number of hydrogen-bond donors (Lipinski definition) is 1. The van der Waals surface area contributed by atoms with E-state index in [0.717, 1.165) is 16.6 Å². The lowest BCUT2D eigenvalue weighted by atomic mass is 10.1. The summed E-state index contributed by atoms with van der Waals surface area (Å²) >= 11 is 6.10. The van der Waals surface area contributed by atoms with Crippen LogP contribution in [0.1, 0.15) is 0 Å². The fraction of sp³-hybridized carbons (Fsp3) is 0.0400. The van der Waals surface area contributed by atoms with Crippen LogP contribution in [-0.4, -0.2) is 44.3 Å². The molecule has 6 aromatic rings. The predicted octanol–water partition coefficient (Wildman–Crippen LogP) is 4.93. The van der Waals surface area contributed by atoms with Gasteiger partial charge in [0.05, 0.1) is 22.3 Å². The monoisotopic (exact) mass is 515 g/mol. The molecule has 0 aliphatic rings. The van der Waals surface area contributed by atoms with Gasteiger partial charge >= 0.3 is 0 Å². The molecule has 6 rings (SSSR count). The van der Waals surface area contributed by atoms with E-state index in [0.29, 0.717) is 33.6 Å². The molecule has 0 amide bonds. The Labute approximate surface area is 210 Å². The Hall–Kier alpha value is -4.28. The first-order valence-corrected chi connectivity index (χ1v) is 13.2. The molecule has 3 heterocycles. The maximum absolute atomic E-state index is 11.8. The topological polar surface area (TPSA) is 107 Å². The highest BCUT2D eigenvalue weighted by Crippen LogP contribution is 2.29. The second-order valence-corrected chi connectivity index (χ2v) is 10.7. The molecule has 0 bridgehead atoms. The minimum Gasteiger partial charge on any atom is -0.340 e. The number of benzene rings is 3. The molecular formula is C25H18ClN7O2S. The summed E-state index contributed by atoms with van der Waals surface area (Å²) in [6.07, 6.45) is 2.87. The molecule has 178 valence electrons. The lowest BCUT2D eigenvalue weighted by molar-refractivity contribution is 0.602. The number of para-hydroxylation sites is 1. The molecule has 0 radical (unpaired) electrons. The minimum atomic E-state index is -3.29. The Morgan fingerprint density at radius 3 is 2.44 bits per heavy atom. The van der Waals surface area contributed by atoms with E-state index in [1.165, 1.54) is 6.26 Å². The van der Waals surface area contributed by atoms with Crippen LogP contribution in [0.15, 0.2) is 90.0 Å². The first-order valence-electron chi connectivity index (χ1n) is 10.9. The average molecular weight is 516 g/mol. The van der Waals surface area contributed by atoms with Crippen molar-refractivity contribution in [2.24, 2.45) is 0 Å². The van der Waals surface area contributed by atoms with Gasteiger partial charge in [-0.3, -0.25) is 0 Å². The van der Waals surface area contributed by atoms with E-state index in [4.69, 9.17) is 16.6 Å². The molecule has 3 aromatic carbocycles. The number of anilines is 2. The van der Waals surface area contributed by atoms with Gasteiger partial charge in [0.1, 0.15) is 17.0 Å². The molecular weight excluding hydrogens is 498 g/mol. The number of fused-ring (bicyclic) bond motifs is 2. The number of rotatable bonds is 5. The maximum Gasteiger partial charge on any atom is 0.184 e. The van der Waals surface area contributed by atoms with E-state index in [1.807, 2.05) is 54.6 Å². The standard InChI is InChI=1S/C25H18ClN7O2S/c1-36(34,35)19-12-10-18(11-13-19)28-24-14-21(16-6-8-17(26)9-7-16)29-25-23(15-27-33(24)25)32-22-5-3-2-4-20(22)30-31-32/h2-15,28H,1H3. The first-order chi connectivity index (χ1) is 17.4. The Bertz CT molecular complexity index is 1840. The third-order valence-corrected chi connectivity index (χ3v) is 7.11. The van der Waals surface area contributed by atoms with Gasteiger partial charge in [0.2, 0.25) is 0 Å². The van der Waals surface area contributed by atoms with Gasteiger partial charge in [-0.05, 0) is 48.5 Å². The van der Waals surface area contributed by atoms with Crippen LogP contribution in [0.5, 0.6) is 0 Å². The average Bonchev–Trinajstić information content (AvgIpc) is 3.48. The van der Waals surface area contributed by atoms with Gasteiger partial charge in [0.25, 0.3) is 0 Å². The highest BCUT2D eigenvalue weighted by atomic mass is 35.5. The molecule has 0 atom stereocenters. The van der Waals surface area contributed by atoms with E-state index < -0.39 is 9.84 Å². The molecule has 0 fully saturated rings. The quantitative estimate of drug-likeness (QED) is 0.347. The van der Waals surface area contributed by atoms with Crippen molar-refractivity contribution >= 4 is 49.6 Å². The summed E-state index contributed by atoms with van der Waals surface area (Å²) in [7, 11) is -3.29. The SMILES string of the molecule is CS(=O)(=O)c1ccc(Nc2cc(-c3ccc(Cl)cc3)nc3c(-n4nnc5ccccc54)cnn23)cc1. The lowest BCUT2D eigenvalue weighted by Crippen LogP contribution is -2.04. The Morgan fingerprint density at radius 2 is 1.69 bits per heavy atom. The Balaban J connectivity index is 1.52. The van der Waals surface area contributed by atoms with Crippen molar-refractivity contribution in [1.29, 1.82) is 0 Å². The third kappa shape index (κ3) is 3.96. The van der Waals surface area contributed by atoms with Crippen molar-refractivity contribution < 1.29 is 8.42 Å². The third-order valence-electron chi connectivity index (χ3n) is 5.73. The van der Waals surface area contributed by atoms with Crippen molar-refractivity contribution in [3.05, 3.63) is 90.1 Å². The zero-order valence-corrected chi connectivity index (χ0v) is 20.4. The van der Waals surface area contributed by atoms with Crippen LogP contribution in [0.4, 0.5) is 11.5 Å². The van der Waals surface area contributed by atoms with Crippen molar-refractivity contribution in [3.8, 4) is 16.9 Å². The zero-order valence-electron chi connectivity index (χ0n) is 18.9. The number of aromatic nitrogens is 6. The van der Waals surface area contributed by atoms with Crippen LogP contribution in [0.25, 0.3) is 33.6 Å². The van der Waals surface area contributed by atoms with E-state index >= 15 is 0 Å². The van der Waals surface area contributed by atoms with Crippen molar-refractivity contribution in [3.63, 3.8) is 0 Å². The summed E-state index contributed by atoms with van der Waals surface area (Å²) in [5, 5.41) is 17.1. The smallest absolute Gasteiger partial charge is 0.184 e. The number of sulfone groups is 1. The van der Waals surface area contributed by atoms with Crippen LogP contribution in [0.2, 0.25) is 5.02 Å². The molecule has 0 saturated carbocycles. The van der Waals surface area contributed by atoms with Crippen molar-refractivity contribution in [1.82, 2.24) is 29.6 Å². The fourth-order valence-corrected chi connectivity index (χ4v) is 4.69. The highest BCUT2D eigenvalue weighted by molar-refractivity contribution is 7.90. The van der Waals surface area contributed by atoms with Crippen molar-refractivity contribution in [2.75, 3.05) is 11.6 Å². The Kier molecular flexibility index (Phi) is 5.20. The minimum absolute atomic E-state index is 0.245. The van der Waals surface area contributed by atoms with Crippen molar-refractivity contribution in [2.45, 2.75) is 4.90 Å². The summed E-state index contributed by atoms with van der Waals surface area (Å²) in [6.45, 7) is 0. The van der Waals surface area contributed by atoms with E-state index in [1.54, 1.807) is 39.7 Å². The number of nitrogens with one attached hydrogen (secondary N) is 1. The molecule has 11 heteroatoms. The van der Waals surface area contributed by atoms with Crippen LogP contribution in [0.3, 0.4) is 0 Å². The molecule has 3 aromatic heterocycles. The molecule has 0 aliphatic heterocycles. The van der Waals surface area contributed by atoms with Crippen LogP contribution < -0.4 is 5.32 Å². The number of nitrogens with zero attached hydrogens (tertiary/aromatic N) is 6. The fourth-order valence-electron chi connectivity index (χ4n) is 3.94. The summed E-state index contributed by atoms with van der Waals surface area (Å²) in [6, 6.07) is 23.5. The van der Waals surface area contributed by atoms with Crippen LogP contribution in [0, 0.1) is 0 Å². The molecule has 0 saturated heterocycles. The van der Waals surface area contributed by atoms with E-state index in [-0.39, 0.29) is 4.90 Å². The van der Waals surface area contributed by atoms with Gasteiger partial charge in [-0.25, -0.2) is 18.1 Å². The van der Waals surface area contributed by atoms with E-state index in [2.05, 4.69) is 20.7 Å². The van der Waals surface area contributed by atoms with Gasteiger partial charge < -0.3 is 5.32 Å². The molecule has 1 N–H and O–H groups in total. The summed E-state index contributed by atoms with van der Waals surface area (Å²) in [5.74, 6) is 0.632. The highest BCUT2D eigenvalue weighted by Gasteiger charge is 2.17. The van der Waals surface area contributed by atoms with E-state index in [9.17, 15) is 8.42 Å². The second-order valence-electron chi connectivity index (χ2n) is 8.21. The number of halogens is 1. The molecule has 36 heavy (non-hydrogen) atoms. The molecule has 0 unspecified atom stereocenters. The Morgan fingerprint density at radius 1 is 0.944 bits per heavy atom. The summed E-state index contributed by atoms with van der Waals surface area (Å²) in [4.78, 5) is 5.14. The van der Waals surface area contributed by atoms with Gasteiger partial charge in [-0.2, -0.15) is 9.61 Å². The van der Waals surface area contributed by atoms with Gasteiger partial charge in [0.15, 0.2) is 15.5 Å². The zero-order chi connectivity index (χ0) is 24.9. The molecule has 9 nitrogen and oxygen atoms in total. The second kappa shape index (κ2) is 8.43. The number of hydrogen-bond acceptors (Lipinski definition) is 7. The predicted molar refractivity (Wildman–Crippen MR) is 139 cm³/mol. The molecule has 0 spiro atoms. The lowest BCUT2D eigenvalue weighted by Gasteiger charge is -2.12. The summed E-state index contributed by atoms with van der Waals surface area (Å²) < 4.78 is 27.1.